The predicted molar refractivity (Wildman–Crippen MR) is 108 cm³/mol. The van der Waals surface area contributed by atoms with Crippen molar-refractivity contribution in [2.75, 3.05) is 18.0 Å². The van der Waals surface area contributed by atoms with Gasteiger partial charge in [-0.2, -0.15) is 4.37 Å². The number of amides is 1. The molecule has 0 radical (unpaired) electrons. The van der Waals surface area contributed by atoms with Crippen LogP contribution in [0.5, 0.6) is 0 Å². The molecular weight excluding hydrogens is 356 g/mol. The molecule has 148 valence electrons. The Bertz CT molecular complexity index is 685. The van der Waals surface area contributed by atoms with Gasteiger partial charge in [0.15, 0.2) is 0 Å². The van der Waals surface area contributed by atoms with E-state index in [1.54, 1.807) is 11.5 Å². The molecule has 0 aromatic carbocycles. The Morgan fingerprint density at radius 1 is 1.07 bits per heavy atom. The van der Waals surface area contributed by atoms with Crippen LogP contribution in [0.4, 0.5) is 5.13 Å². The van der Waals surface area contributed by atoms with Crippen molar-refractivity contribution in [3.05, 3.63) is 5.82 Å². The van der Waals surface area contributed by atoms with Crippen LogP contribution in [0.15, 0.2) is 0 Å². The molecule has 6 heteroatoms. The molecule has 4 heterocycles. The molecule has 27 heavy (non-hydrogen) atoms. The molecule has 1 saturated carbocycles. The molecule has 4 fully saturated rings. The lowest BCUT2D eigenvalue weighted by molar-refractivity contribution is -0.149. The number of aryl methyl sites for hydroxylation is 1. The second-order valence-corrected chi connectivity index (χ2v) is 10.1. The van der Waals surface area contributed by atoms with E-state index in [2.05, 4.69) is 19.2 Å². The fraction of sp³-hybridized carbons (Fsp3) is 0.857. The predicted octanol–water partition coefficient (Wildman–Crippen LogP) is 4.02. The molecule has 4 atom stereocenters. The molecule has 3 aliphatic heterocycles. The van der Waals surface area contributed by atoms with Gasteiger partial charge < -0.3 is 9.80 Å². The molecule has 0 N–H and O–H groups in total. The summed E-state index contributed by atoms with van der Waals surface area (Å²) in [4.78, 5) is 22.5. The van der Waals surface area contributed by atoms with E-state index in [1.165, 1.54) is 51.4 Å². The second-order valence-electron chi connectivity index (χ2n) is 9.35. The van der Waals surface area contributed by atoms with E-state index in [0.29, 0.717) is 29.8 Å². The van der Waals surface area contributed by atoms with Crippen molar-refractivity contribution in [3.8, 4) is 0 Å². The summed E-state index contributed by atoms with van der Waals surface area (Å²) in [5.74, 6) is 3.38. The topological polar surface area (TPSA) is 49.3 Å². The Morgan fingerprint density at radius 3 is 2.67 bits per heavy atom. The highest BCUT2D eigenvalue weighted by Crippen LogP contribution is 2.45. The summed E-state index contributed by atoms with van der Waals surface area (Å²) >= 11 is 1.55. The van der Waals surface area contributed by atoms with Crippen molar-refractivity contribution in [1.82, 2.24) is 14.3 Å². The van der Waals surface area contributed by atoms with Gasteiger partial charge in [0.1, 0.15) is 5.82 Å². The largest absolute Gasteiger partial charge is 0.346 e. The average molecular weight is 389 g/mol. The van der Waals surface area contributed by atoms with Crippen molar-refractivity contribution in [1.29, 1.82) is 0 Å². The monoisotopic (exact) mass is 388 g/mol. The quantitative estimate of drug-likeness (QED) is 0.785. The van der Waals surface area contributed by atoms with Crippen molar-refractivity contribution < 1.29 is 4.79 Å². The summed E-state index contributed by atoms with van der Waals surface area (Å²) < 4.78 is 4.42. The zero-order valence-corrected chi connectivity index (χ0v) is 17.3. The van der Waals surface area contributed by atoms with Crippen LogP contribution in [-0.2, 0) is 4.79 Å². The highest BCUT2D eigenvalue weighted by Gasteiger charge is 2.50. The lowest BCUT2D eigenvalue weighted by Gasteiger charge is -2.57. The molecule has 1 amide bonds. The van der Waals surface area contributed by atoms with E-state index in [1.807, 2.05) is 6.92 Å². The third kappa shape index (κ3) is 3.39. The number of aromatic nitrogens is 2. The third-order valence-corrected chi connectivity index (χ3v) is 8.45. The van der Waals surface area contributed by atoms with Crippen LogP contribution in [0.2, 0.25) is 0 Å². The lowest BCUT2D eigenvalue weighted by Crippen LogP contribution is -2.65. The van der Waals surface area contributed by atoms with Gasteiger partial charge in [-0.25, -0.2) is 4.98 Å². The summed E-state index contributed by atoms with van der Waals surface area (Å²) in [6, 6.07) is 0.923. The molecule has 2 bridgehead atoms. The Balaban J connectivity index is 1.41. The van der Waals surface area contributed by atoms with Crippen molar-refractivity contribution in [2.45, 2.75) is 83.2 Å². The summed E-state index contributed by atoms with van der Waals surface area (Å²) in [5.41, 5.74) is 0. The fourth-order valence-electron chi connectivity index (χ4n) is 6.41. The minimum Gasteiger partial charge on any atom is -0.346 e. The molecule has 1 aromatic rings. The van der Waals surface area contributed by atoms with Crippen LogP contribution in [-0.4, -0.2) is 45.3 Å². The minimum atomic E-state index is 0.446. The number of carbonyl (C=O) groups is 1. The number of carbonyl (C=O) groups excluding carboxylic acids is 1. The van der Waals surface area contributed by atoms with Gasteiger partial charge in [0.05, 0.1) is 0 Å². The number of hydrogen-bond donors (Lipinski definition) is 0. The van der Waals surface area contributed by atoms with E-state index < -0.39 is 0 Å². The van der Waals surface area contributed by atoms with Crippen LogP contribution < -0.4 is 4.90 Å². The van der Waals surface area contributed by atoms with Gasteiger partial charge in [0.2, 0.25) is 11.0 Å². The van der Waals surface area contributed by atoms with Crippen LogP contribution >= 0.6 is 11.5 Å². The smallest absolute Gasteiger partial charge is 0.223 e. The van der Waals surface area contributed by atoms with Crippen molar-refractivity contribution in [3.63, 3.8) is 0 Å². The minimum absolute atomic E-state index is 0.446. The molecule has 0 spiro atoms. The van der Waals surface area contributed by atoms with E-state index in [0.717, 1.165) is 42.8 Å². The Kier molecular flexibility index (Phi) is 4.87. The lowest BCUT2D eigenvalue weighted by atomic mass is 9.69. The number of nitrogens with zero attached hydrogens (tertiary/aromatic N) is 4. The Morgan fingerprint density at radius 2 is 1.89 bits per heavy atom. The summed E-state index contributed by atoms with van der Waals surface area (Å²) in [6.45, 7) is 4.09. The molecule has 1 aliphatic carbocycles. The van der Waals surface area contributed by atoms with E-state index in [9.17, 15) is 4.79 Å². The fourth-order valence-corrected chi connectivity index (χ4v) is 7.11. The van der Waals surface area contributed by atoms with Crippen LogP contribution in [0.25, 0.3) is 0 Å². The van der Waals surface area contributed by atoms with Gasteiger partial charge in [-0.15, -0.1) is 0 Å². The normalized spacial score (nSPS) is 34.6. The van der Waals surface area contributed by atoms with Crippen LogP contribution in [0.3, 0.4) is 0 Å². The van der Waals surface area contributed by atoms with Crippen molar-refractivity contribution >= 4 is 22.6 Å². The first kappa shape index (κ1) is 17.9. The Hall–Kier alpha value is -1.17. The van der Waals surface area contributed by atoms with Gasteiger partial charge in [-0.1, -0.05) is 32.1 Å². The Labute approximate surface area is 166 Å². The first-order valence-electron chi connectivity index (χ1n) is 11.1. The number of fused-ring (bicyclic) bond motifs is 4. The number of piperidine rings is 3. The summed E-state index contributed by atoms with van der Waals surface area (Å²) in [5, 5.41) is 1.09. The summed E-state index contributed by atoms with van der Waals surface area (Å²) in [7, 11) is 0. The average Bonchev–Trinajstić information content (AvgIpc) is 3.12. The highest BCUT2D eigenvalue weighted by molar-refractivity contribution is 7.09. The van der Waals surface area contributed by atoms with Gasteiger partial charge in [-0.3, -0.25) is 4.79 Å². The van der Waals surface area contributed by atoms with E-state index in [-0.39, 0.29) is 0 Å². The van der Waals surface area contributed by atoms with Gasteiger partial charge >= 0.3 is 0 Å². The zero-order chi connectivity index (χ0) is 18.4. The molecule has 3 saturated heterocycles. The third-order valence-electron chi connectivity index (χ3n) is 7.58. The maximum atomic E-state index is 13.0. The standard InChI is InChI=1S/C21H32N4OS/c1-14-22-21(27-23-14)24-12-16-11-17(13-24)19(10-15-6-3-2-4-7-15)25-18(16)8-5-9-20(25)26/h15-19H,2-13H2,1H3/t16-,17+,18+,19+/m1/s1. The molecule has 1 aromatic heterocycles. The first-order valence-corrected chi connectivity index (χ1v) is 11.8. The zero-order valence-electron chi connectivity index (χ0n) is 16.5. The van der Waals surface area contributed by atoms with Gasteiger partial charge in [-0.05, 0) is 50.4 Å². The van der Waals surface area contributed by atoms with E-state index >= 15 is 0 Å². The number of hydrogen-bond acceptors (Lipinski definition) is 5. The molecule has 5 nitrogen and oxygen atoms in total. The number of anilines is 1. The molecular formula is C21H32N4OS. The van der Waals surface area contributed by atoms with Crippen LogP contribution in [0.1, 0.15) is 70.0 Å². The molecule has 4 aliphatic rings. The van der Waals surface area contributed by atoms with Gasteiger partial charge in [0.25, 0.3) is 0 Å². The SMILES string of the molecule is Cc1nsc(N2C[C@H]3C[C@@H](C2)[C@H](CC2CCCCC2)N2C(=O)CCC[C@@H]32)n1. The molecule has 0 unspecified atom stereocenters. The molecule has 5 rings (SSSR count). The van der Waals surface area contributed by atoms with Gasteiger partial charge in [0, 0.05) is 43.1 Å². The maximum absolute atomic E-state index is 13.0. The second kappa shape index (κ2) is 7.34. The number of rotatable bonds is 3. The maximum Gasteiger partial charge on any atom is 0.223 e. The van der Waals surface area contributed by atoms with Crippen LogP contribution in [0, 0.1) is 24.7 Å². The van der Waals surface area contributed by atoms with E-state index in [4.69, 9.17) is 0 Å². The summed E-state index contributed by atoms with van der Waals surface area (Å²) in [6.07, 6.45) is 12.5. The first-order chi connectivity index (χ1) is 13.2. The highest BCUT2D eigenvalue weighted by atomic mass is 32.1. The van der Waals surface area contributed by atoms with Crippen molar-refractivity contribution in [2.24, 2.45) is 17.8 Å².